The third-order valence-corrected chi connectivity index (χ3v) is 6.41. The predicted molar refractivity (Wildman–Crippen MR) is 107 cm³/mol. The van der Waals surface area contributed by atoms with Crippen LogP contribution in [0.25, 0.3) is 0 Å². The summed E-state index contributed by atoms with van der Waals surface area (Å²) in [5.74, 6) is 0.940. The summed E-state index contributed by atoms with van der Waals surface area (Å²) in [5, 5.41) is 0. The van der Waals surface area contributed by atoms with Gasteiger partial charge in [-0.25, -0.2) is 0 Å². The Morgan fingerprint density at radius 2 is 1.59 bits per heavy atom. The molecule has 1 saturated heterocycles. The molecule has 3 aromatic rings. The molecule has 27 heavy (non-hydrogen) atoms. The van der Waals surface area contributed by atoms with Crippen molar-refractivity contribution in [2.45, 2.75) is 16.4 Å². The molecule has 1 unspecified atom stereocenters. The Balaban J connectivity index is 1.59. The molecule has 0 aromatic heterocycles. The molecule has 0 spiro atoms. The van der Waals surface area contributed by atoms with Gasteiger partial charge in [-0.15, -0.1) is 11.8 Å². The minimum Gasteiger partial charge on any atom is -0.345 e. The van der Waals surface area contributed by atoms with Crippen molar-refractivity contribution in [3.63, 3.8) is 0 Å². The van der Waals surface area contributed by atoms with Crippen LogP contribution in [0.15, 0.2) is 83.8 Å². The largest absolute Gasteiger partial charge is 0.345 e. The molecular weight excluding hydrogens is 354 g/mol. The van der Waals surface area contributed by atoms with Gasteiger partial charge in [0.15, 0.2) is 5.72 Å². The van der Waals surface area contributed by atoms with E-state index < -0.39 is 5.72 Å². The topological polar surface area (TPSA) is 29.5 Å². The Kier molecular flexibility index (Phi) is 4.03. The third kappa shape index (κ3) is 2.52. The molecule has 1 atom stereocenters. The first-order valence-corrected chi connectivity index (χ1v) is 10.1. The number of hydrogen-bond acceptors (Lipinski definition) is 3. The van der Waals surface area contributed by atoms with Gasteiger partial charge in [0.2, 0.25) is 0 Å². The minimum absolute atomic E-state index is 0.0611. The number of fused-ring (bicyclic) bond motifs is 3. The highest BCUT2D eigenvalue weighted by Crippen LogP contribution is 2.50. The summed E-state index contributed by atoms with van der Waals surface area (Å²) < 4.78 is 6.33. The fourth-order valence-corrected chi connectivity index (χ4v) is 5.13. The van der Waals surface area contributed by atoms with Crippen molar-refractivity contribution in [1.29, 1.82) is 0 Å². The number of benzene rings is 3. The third-order valence-electron chi connectivity index (χ3n) is 5.26. The molecule has 0 aliphatic carbocycles. The summed E-state index contributed by atoms with van der Waals surface area (Å²) in [6, 6.07) is 26.6. The fraction of sp³-hybridized carbons (Fsp3) is 0.174. The van der Waals surface area contributed by atoms with Gasteiger partial charge >= 0.3 is 0 Å². The van der Waals surface area contributed by atoms with Crippen molar-refractivity contribution in [2.75, 3.05) is 13.2 Å². The summed E-state index contributed by atoms with van der Waals surface area (Å²) in [6.07, 6.45) is 0. The van der Waals surface area contributed by atoms with Crippen LogP contribution in [0, 0.1) is 0 Å². The lowest BCUT2D eigenvalue weighted by Gasteiger charge is -2.33. The lowest BCUT2D eigenvalue weighted by Crippen LogP contribution is -2.40. The van der Waals surface area contributed by atoms with Crippen molar-refractivity contribution in [1.82, 2.24) is 4.90 Å². The number of carbonyl (C=O) groups is 1. The SMILES string of the molecule is O=C1c2ccccc2C2(c3ccccc3SCc3ccccc3)OCCN12. The van der Waals surface area contributed by atoms with Gasteiger partial charge in [-0.2, -0.15) is 0 Å². The van der Waals surface area contributed by atoms with Gasteiger partial charge in [-0.1, -0.05) is 66.7 Å². The van der Waals surface area contributed by atoms with Crippen molar-refractivity contribution in [2.24, 2.45) is 0 Å². The van der Waals surface area contributed by atoms with Gasteiger partial charge in [-0.05, 0) is 17.7 Å². The van der Waals surface area contributed by atoms with E-state index in [0.29, 0.717) is 13.2 Å². The summed E-state index contributed by atoms with van der Waals surface area (Å²) >= 11 is 1.79. The molecule has 3 aromatic carbocycles. The van der Waals surface area contributed by atoms with Crippen LogP contribution in [0.3, 0.4) is 0 Å². The highest BCUT2D eigenvalue weighted by Gasteiger charge is 2.55. The molecule has 134 valence electrons. The maximum Gasteiger partial charge on any atom is 0.257 e. The summed E-state index contributed by atoms with van der Waals surface area (Å²) in [5.41, 5.74) is 3.25. The molecule has 2 aliphatic heterocycles. The van der Waals surface area contributed by atoms with E-state index in [1.54, 1.807) is 11.8 Å². The van der Waals surface area contributed by atoms with Crippen molar-refractivity contribution >= 4 is 17.7 Å². The second-order valence-corrected chi connectivity index (χ2v) is 7.78. The smallest absolute Gasteiger partial charge is 0.257 e. The Hall–Kier alpha value is -2.56. The lowest BCUT2D eigenvalue weighted by atomic mass is 9.94. The van der Waals surface area contributed by atoms with Gasteiger partial charge in [0.25, 0.3) is 5.91 Å². The van der Waals surface area contributed by atoms with Crippen LogP contribution in [0.5, 0.6) is 0 Å². The van der Waals surface area contributed by atoms with Crippen LogP contribution in [-0.2, 0) is 16.2 Å². The Morgan fingerprint density at radius 1 is 0.889 bits per heavy atom. The molecule has 0 bridgehead atoms. The zero-order valence-electron chi connectivity index (χ0n) is 14.8. The van der Waals surface area contributed by atoms with Crippen LogP contribution in [0.4, 0.5) is 0 Å². The van der Waals surface area contributed by atoms with Crippen LogP contribution in [-0.4, -0.2) is 24.0 Å². The average Bonchev–Trinajstić information content (AvgIpc) is 3.27. The maximum absolute atomic E-state index is 13.0. The minimum atomic E-state index is -0.798. The molecule has 1 amide bonds. The maximum atomic E-state index is 13.0. The van der Waals surface area contributed by atoms with Gasteiger partial charge in [0.05, 0.1) is 6.61 Å². The first-order valence-electron chi connectivity index (χ1n) is 9.12. The van der Waals surface area contributed by atoms with Crippen molar-refractivity contribution in [3.05, 3.63) is 101 Å². The molecule has 2 aliphatic rings. The van der Waals surface area contributed by atoms with Crippen LogP contribution >= 0.6 is 11.8 Å². The number of thioether (sulfide) groups is 1. The molecule has 0 radical (unpaired) electrons. The number of rotatable bonds is 4. The second-order valence-electron chi connectivity index (χ2n) is 6.77. The molecule has 0 N–H and O–H groups in total. The van der Waals surface area contributed by atoms with Crippen molar-refractivity contribution < 1.29 is 9.53 Å². The van der Waals surface area contributed by atoms with E-state index >= 15 is 0 Å². The van der Waals surface area contributed by atoms with E-state index in [-0.39, 0.29) is 5.91 Å². The van der Waals surface area contributed by atoms with E-state index in [2.05, 4.69) is 42.5 Å². The highest BCUT2D eigenvalue weighted by molar-refractivity contribution is 7.98. The Morgan fingerprint density at radius 3 is 2.44 bits per heavy atom. The molecule has 4 heteroatoms. The first kappa shape index (κ1) is 16.6. The van der Waals surface area contributed by atoms with Crippen LogP contribution < -0.4 is 0 Å². The van der Waals surface area contributed by atoms with Gasteiger partial charge < -0.3 is 4.74 Å². The number of nitrogens with zero attached hydrogens (tertiary/aromatic N) is 1. The molecule has 2 heterocycles. The van der Waals surface area contributed by atoms with Crippen molar-refractivity contribution in [3.8, 4) is 0 Å². The number of ether oxygens (including phenoxy) is 1. The quantitative estimate of drug-likeness (QED) is 0.623. The van der Waals surface area contributed by atoms with Gasteiger partial charge in [0, 0.05) is 33.9 Å². The number of hydrogen-bond donors (Lipinski definition) is 0. The Labute approximate surface area is 163 Å². The molecule has 0 saturated carbocycles. The van der Waals surface area contributed by atoms with E-state index in [4.69, 9.17) is 4.74 Å². The molecule has 5 rings (SSSR count). The van der Waals surface area contributed by atoms with Gasteiger partial charge in [0.1, 0.15) is 0 Å². The molecule has 3 nitrogen and oxygen atoms in total. The first-order chi connectivity index (χ1) is 13.3. The summed E-state index contributed by atoms with van der Waals surface area (Å²) in [6.45, 7) is 1.17. The van der Waals surface area contributed by atoms with Crippen LogP contribution in [0.2, 0.25) is 0 Å². The summed E-state index contributed by atoms with van der Waals surface area (Å²) in [7, 11) is 0. The van der Waals surface area contributed by atoms with E-state index in [1.165, 1.54) is 5.56 Å². The monoisotopic (exact) mass is 373 g/mol. The normalized spacial score (nSPS) is 20.6. The Bertz CT molecular complexity index is 1000. The zero-order valence-corrected chi connectivity index (χ0v) is 15.6. The number of amides is 1. The van der Waals surface area contributed by atoms with E-state index in [0.717, 1.165) is 27.3 Å². The highest BCUT2D eigenvalue weighted by atomic mass is 32.2. The standard InChI is InChI=1S/C23H19NO2S/c25-22-18-10-4-5-11-19(18)23(24(22)14-15-26-23)20-12-6-7-13-21(20)27-16-17-8-2-1-3-9-17/h1-13H,14-16H2. The predicted octanol–water partition coefficient (Wildman–Crippen LogP) is 4.67. The average molecular weight is 373 g/mol. The van der Waals surface area contributed by atoms with E-state index in [1.807, 2.05) is 41.3 Å². The van der Waals surface area contributed by atoms with E-state index in [9.17, 15) is 4.79 Å². The summed E-state index contributed by atoms with van der Waals surface area (Å²) in [4.78, 5) is 16.0. The molecular formula is C23H19NO2S. The fourth-order valence-electron chi connectivity index (χ4n) is 4.07. The molecule has 1 fully saturated rings. The lowest BCUT2D eigenvalue weighted by molar-refractivity contribution is -0.0323. The van der Waals surface area contributed by atoms with Gasteiger partial charge in [-0.3, -0.25) is 9.69 Å². The zero-order chi connectivity index (χ0) is 18.3. The van der Waals surface area contributed by atoms with Crippen LogP contribution in [0.1, 0.15) is 27.0 Å². The second kappa shape index (κ2) is 6.55. The number of carbonyl (C=O) groups excluding carboxylic acids is 1.